The summed E-state index contributed by atoms with van der Waals surface area (Å²) in [6.07, 6.45) is 0. The van der Waals surface area contributed by atoms with Gasteiger partial charge in [-0.3, -0.25) is 4.79 Å². The Kier molecular flexibility index (Phi) is 4.73. The molecule has 0 saturated carbocycles. The lowest BCUT2D eigenvalue weighted by atomic mass is 10.0. The van der Waals surface area contributed by atoms with Crippen LogP contribution in [0.15, 0.2) is 40.9 Å². The van der Waals surface area contributed by atoms with Crippen LogP contribution in [0.25, 0.3) is 11.3 Å². The quantitative estimate of drug-likeness (QED) is 0.749. The number of rotatable bonds is 4. The molecule has 0 radical (unpaired) electrons. The van der Waals surface area contributed by atoms with Gasteiger partial charge in [-0.15, -0.1) is 0 Å². The molecule has 0 atom stereocenters. The first-order valence-electron chi connectivity index (χ1n) is 7.82. The van der Waals surface area contributed by atoms with Crippen LogP contribution >= 0.6 is 11.6 Å². The number of benzene rings is 1. The minimum absolute atomic E-state index is 0.0276. The molecule has 26 heavy (non-hydrogen) atoms. The maximum atomic E-state index is 13.7. The fourth-order valence-electron chi connectivity index (χ4n) is 2.33. The van der Waals surface area contributed by atoms with Gasteiger partial charge in [-0.25, -0.2) is 9.37 Å². The van der Waals surface area contributed by atoms with E-state index in [2.05, 4.69) is 20.4 Å². The molecule has 2 aromatic heterocycles. The Morgan fingerprint density at radius 2 is 2.00 bits per heavy atom. The lowest BCUT2D eigenvalue weighted by Gasteiger charge is -2.22. The van der Waals surface area contributed by atoms with Crippen molar-refractivity contribution in [3.05, 3.63) is 64.6 Å². The van der Waals surface area contributed by atoms with Crippen LogP contribution in [0, 0.1) is 12.7 Å². The number of carbonyl (C=O) groups is 1. The van der Waals surface area contributed by atoms with Crippen LogP contribution in [0.1, 0.15) is 36.1 Å². The van der Waals surface area contributed by atoms with E-state index in [4.69, 9.17) is 16.1 Å². The monoisotopic (exact) mass is 374 g/mol. The Morgan fingerprint density at radius 1 is 1.23 bits per heavy atom. The summed E-state index contributed by atoms with van der Waals surface area (Å²) in [6, 6.07) is 9.30. The molecule has 0 saturated heterocycles. The molecule has 1 aromatic carbocycles. The van der Waals surface area contributed by atoms with Crippen molar-refractivity contribution >= 4 is 17.5 Å². The van der Waals surface area contributed by atoms with Gasteiger partial charge in [-0.2, -0.15) is 4.98 Å². The van der Waals surface area contributed by atoms with Gasteiger partial charge in [-0.05, 0) is 38.1 Å². The van der Waals surface area contributed by atoms with Crippen molar-refractivity contribution in [2.24, 2.45) is 0 Å². The van der Waals surface area contributed by atoms with Crippen molar-refractivity contribution in [2.75, 3.05) is 0 Å². The second kappa shape index (κ2) is 6.84. The van der Waals surface area contributed by atoms with Gasteiger partial charge in [0.1, 0.15) is 11.5 Å². The van der Waals surface area contributed by atoms with Crippen LogP contribution < -0.4 is 5.32 Å². The second-order valence-corrected chi connectivity index (χ2v) is 6.66. The topological polar surface area (TPSA) is 80.9 Å². The zero-order chi connectivity index (χ0) is 18.9. The highest BCUT2D eigenvalue weighted by Crippen LogP contribution is 2.23. The third-order valence-electron chi connectivity index (χ3n) is 3.71. The highest BCUT2D eigenvalue weighted by Gasteiger charge is 2.29. The van der Waals surface area contributed by atoms with E-state index in [0.717, 1.165) is 0 Å². The van der Waals surface area contributed by atoms with Crippen molar-refractivity contribution in [2.45, 2.75) is 26.3 Å². The number of carbonyl (C=O) groups excluding carboxylic acids is 1. The molecule has 134 valence electrons. The Hall–Kier alpha value is -2.80. The highest BCUT2D eigenvalue weighted by molar-refractivity contribution is 6.30. The second-order valence-electron chi connectivity index (χ2n) is 6.25. The number of pyridine rings is 1. The van der Waals surface area contributed by atoms with Crippen LogP contribution in [0.5, 0.6) is 0 Å². The van der Waals surface area contributed by atoms with E-state index < -0.39 is 17.3 Å². The number of amides is 1. The Bertz CT molecular complexity index is 971. The standard InChI is InChI=1S/C18H16ClFN4O2/c1-10-21-17(24-26-10)18(2,3)23-16(25)15-6-4-5-14(22-15)11-7-8-12(19)13(20)9-11/h4-9H,1-3H3,(H,23,25). The van der Waals surface area contributed by atoms with E-state index in [1.165, 1.54) is 12.1 Å². The van der Waals surface area contributed by atoms with Gasteiger partial charge < -0.3 is 9.84 Å². The molecule has 3 aromatic rings. The number of hydrogen-bond acceptors (Lipinski definition) is 5. The summed E-state index contributed by atoms with van der Waals surface area (Å²) in [5.74, 6) is -0.186. The molecule has 0 fully saturated rings. The van der Waals surface area contributed by atoms with Crippen LogP contribution in [-0.4, -0.2) is 21.0 Å². The minimum Gasteiger partial charge on any atom is -0.340 e. The predicted octanol–water partition coefficient (Wildman–Crippen LogP) is 3.90. The smallest absolute Gasteiger partial charge is 0.270 e. The third-order valence-corrected chi connectivity index (χ3v) is 4.02. The maximum Gasteiger partial charge on any atom is 0.270 e. The molecule has 0 bridgehead atoms. The lowest BCUT2D eigenvalue weighted by molar-refractivity contribution is 0.0902. The summed E-state index contributed by atoms with van der Waals surface area (Å²) in [7, 11) is 0. The average molecular weight is 375 g/mol. The minimum atomic E-state index is -0.848. The Labute approximate surface area is 154 Å². The Morgan fingerprint density at radius 3 is 2.65 bits per heavy atom. The molecule has 0 aliphatic carbocycles. The fraction of sp³-hybridized carbons (Fsp3) is 0.222. The maximum absolute atomic E-state index is 13.7. The van der Waals surface area contributed by atoms with E-state index in [9.17, 15) is 9.18 Å². The van der Waals surface area contributed by atoms with Crippen LogP contribution in [0.4, 0.5) is 4.39 Å². The number of hydrogen-bond donors (Lipinski definition) is 1. The molecule has 1 amide bonds. The molecule has 0 unspecified atom stereocenters. The summed E-state index contributed by atoms with van der Waals surface area (Å²) < 4.78 is 18.6. The van der Waals surface area contributed by atoms with Crippen molar-refractivity contribution in [1.82, 2.24) is 20.4 Å². The van der Waals surface area contributed by atoms with Gasteiger partial charge in [0.2, 0.25) is 5.89 Å². The molecule has 3 rings (SSSR count). The van der Waals surface area contributed by atoms with Gasteiger partial charge in [0, 0.05) is 12.5 Å². The summed E-state index contributed by atoms with van der Waals surface area (Å²) in [5, 5.41) is 6.69. The zero-order valence-electron chi connectivity index (χ0n) is 14.4. The first-order valence-corrected chi connectivity index (χ1v) is 8.20. The lowest BCUT2D eigenvalue weighted by Crippen LogP contribution is -2.42. The van der Waals surface area contributed by atoms with Crippen LogP contribution in [0.3, 0.4) is 0 Å². The fourth-order valence-corrected chi connectivity index (χ4v) is 2.45. The number of nitrogens with one attached hydrogen (secondary N) is 1. The van der Waals surface area contributed by atoms with Crippen molar-refractivity contribution in [3.63, 3.8) is 0 Å². The van der Waals surface area contributed by atoms with Crippen molar-refractivity contribution in [1.29, 1.82) is 0 Å². The zero-order valence-corrected chi connectivity index (χ0v) is 15.1. The van der Waals surface area contributed by atoms with Crippen molar-refractivity contribution in [3.8, 4) is 11.3 Å². The molecular weight excluding hydrogens is 359 g/mol. The van der Waals surface area contributed by atoms with Gasteiger partial charge in [0.05, 0.1) is 16.3 Å². The highest BCUT2D eigenvalue weighted by atomic mass is 35.5. The number of nitrogens with zero attached hydrogens (tertiary/aromatic N) is 3. The van der Waals surface area contributed by atoms with E-state index in [1.807, 2.05) is 0 Å². The molecule has 8 heteroatoms. The Balaban J connectivity index is 1.85. The molecule has 2 heterocycles. The molecular formula is C18H16ClFN4O2. The van der Waals surface area contributed by atoms with Crippen molar-refractivity contribution < 1.29 is 13.7 Å². The summed E-state index contributed by atoms with van der Waals surface area (Å²) in [5.41, 5.74) is 0.320. The third kappa shape index (κ3) is 3.72. The van der Waals surface area contributed by atoms with Gasteiger partial charge >= 0.3 is 0 Å². The first-order chi connectivity index (χ1) is 12.3. The summed E-state index contributed by atoms with van der Waals surface area (Å²) in [6.45, 7) is 5.19. The van der Waals surface area contributed by atoms with Gasteiger partial charge in [0.15, 0.2) is 5.82 Å². The van der Waals surface area contributed by atoms with E-state index in [1.54, 1.807) is 45.0 Å². The van der Waals surface area contributed by atoms with Crippen LogP contribution in [0.2, 0.25) is 5.02 Å². The van der Waals surface area contributed by atoms with E-state index in [-0.39, 0.29) is 10.7 Å². The molecule has 0 aliphatic heterocycles. The van der Waals surface area contributed by atoms with E-state index in [0.29, 0.717) is 23.0 Å². The largest absolute Gasteiger partial charge is 0.340 e. The average Bonchev–Trinajstić information content (AvgIpc) is 3.04. The molecule has 1 N–H and O–H groups in total. The van der Waals surface area contributed by atoms with Gasteiger partial charge in [0.25, 0.3) is 5.91 Å². The molecule has 0 spiro atoms. The number of aryl methyl sites for hydroxylation is 1. The molecule has 6 nitrogen and oxygen atoms in total. The molecule has 0 aliphatic rings. The number of aromatic nitrogens is 3. The normalized spacial score (nSPS) is 11.4. The number of halogens is 2. The van der Waals surface area contributed by atoms with E-state index >= 15 is 0 Å². The van der Waals surface area contributed by atoms with Crippen LogP contribution in [-0.2, 0) is 5.54 Å². The summed E-state index contributed by atoms with van der Waals surface area (Å²) in [4.78, 5) is 21.0. The predicted molar refractivity (Wildman–Crippen MR) is 94.2 cm³/mol. The first kappa shape index (κ1) is 18.0. The van der Waals surface area contributed by atoms with Gasteiger partial charge in [-0.1, -0.05) is 28.9 Å². The SMILES string of the molecule is Cc1nc(C(C)(C)NC(=O)c2cccc(-c3ccc(Cl)c(F)c3)n2)no1. The summed E-state index contributed by atoms with van der Waals surface area (Å²) >= 11 is 5.70.